The molecule has 164 valence electrons. The number of hydrogen-bond donors (Lipinski definition) is 2. The Morgan fingerprint density at radius 3 is 1.44 bits per heavy atom. The topological polar surface area (TPSA) is 70.5 Å². The molecule has 0 aromatic heterocycles. The fourth-order valence-electron chi connectivity index (χ4n) is 3.56. The van der Waals surface area contributed by atoms with Gasteiger partial charge in [-0.1, -0.05) is 70.4 Å². The number of aliphatic hydroxyl groups is 2. The molecule has 0 radical (unpaired) electrons. The van der Waals surface area contributed by atoms with E-state index in [1.807, 2.05) is 0 Å². The maximum atomic E-state index is 9.16. The van der Waals surface area contributed by atoms with Crippen LogP contribution in [0.2, 0.25) is 0 Å². The van der Waals surface area contributed by atoms with Gasteiger partial charge in [-0.25, -0.2) is 0 Å². The molecule has 0 heterocycles. The van der Waals surface area contributed by atoms with Crippen molar-refractivity contribution in [1.29, 1.82) is 0 Å². The van der Waals surface area contributed by atoms with Gasteiger partial charge in [0.2, 0.25) is 0 Å². The number of hydrogen-bond acceptors (Lipinski definition) is 3. The predicted octanol–water partition coefficient (Wildman–Crippen LogP) is 5.28. The summed E-state index contributed by atoms with van der Waals surface area (Å²) in [5.41, 5.74) is 0. The molecule has 0 aliphatic rings. The smallest absolute Gasteiger partial charge is 0.102 e. The van der Waals surface area contributed by atoms with Crippen molar-refractivity contribution >= 4 is 0 Å². The summed E-state index contributed by atoms with van der Waals surface area (Å²) in [6, 6.07) is 0. The van der Waals surface area contributed by atoms with E-state index in [1.165, 1.54) is 89.9 Å². The highest BCUT2D eigenvalue weighted by molar-refractivity contribution is 4.81. The molecule has 0 saturated carbocycles. The van der Waals surface area contributed by atoms with Gasteiger partial charge in [-0.2, -0.15) is 0 Å². The molecule has 4 nitrogen and oxygen atoms in total. The first-order valence-corrected chi connectivity index (χ1v) is 11.4. The fraction of sp³-hybridized carbons (Fsp3) is 0.913. The molecule has 3 N–H and O–H groups in total. The Balaban J connectivity index is 0. The lowest BCUT2D eigenvalue weighted by Gasteiger charge is -2.33. The summed E-state index contributed by atoms with van der Waals surface area (Å²) in [6.45, 7) is 5.28. The predicted molar refractivity (Wildman–Crippen MR) is 116 cm³/mol. The van der Waals surface area contributed by atoms with Crippen molar-refractivity contribution in [2.24, 2.45) is 0 Å². The third kappa shape index (κ3) is 20.1. The van der Waals surface area contributed by atoms with Crippen LogP contribution in [0.1, 0.15) is 96.8 Å². The number of aliphatic hydroxyl groups excluding tert-OH is 2. The van der Waals surface area contributed by atoms with Crippen molar-refractivity contribution in [2.75, 3.05) is 39.9 Å². The third-order valence-electron chi connectivity index (χ3n) is 5.49. The SMILES string of the molecule is CCCCCCCC/C=C\CCCCCCCC[N+](C)(CCO)CCO.[OH-]. The zero-order valence-corrected chi connectivity index (χ0v) is 18.4. The third-order valence-corrected chi connectivity index (χ3v) is 5.49. The quantitative estimate of drug-likeness (QED) is 0.170. The molecule has 0 aromatic rings. The van der Waals surface area contributed by atoms with Gasteiger partial charge in [0, 0.05) is 0 Å². The van der Waals surface area contributed by atoms with E-state index in [0.29, 0.717) is 0 Å². The Bertz CT molecular complexity index is 302. The molecule has 4 heteroatoms. The van der Waals surface area contributed by atoms with Crippen LogP contribution < -0.4 is 0 Å². The van der Waals surface area contributed by atoms with Crippen LogP contribution >= 0.6 is 0 Å². The highest BCUT2D eigenvalue weighted by atomic mass is 16.3. The molecule has 0 amide bonds. The standard InChI is InChI=1S/C23H48NO2.H2O/c1-3-4-5-6-7-8-9-10-11-12-13-14-15-16-17-18-19-24(2,20-22-25)21-23-26;/h10-11,25-26H,3-9,12-23H2,1-2H3;1H2/q+1;/p-1/b11-10-;. The van der Waals surface area contributed by atoms with E-state index in [0.717, 1.165) is 24.1 Å². The fourth-order valence-corrected chi connectivity index (χ4v) is 3.56. The van der Waals surface area contributed by atoms with Crippen molar-refractivity contribution < 1.29 is 20.2 Å². The van der Waals surface area contributed by atoms with Crippen molar-refractivity contribution in [1.82, 2.24) is 0 Å². The van der Waals surface area contributed by atoms with Gasteiger partial charge in [0.15, 0.2) is 0 Å². The van der Waals surface area contributed by atoms with Gasteiger partial charge in [0.05, 0.1) is 26.8 Å². The Hall–Kier alpha value is -0.420. The lowest BCUT2D eigenvalue weighted by Crippen LogP contribution is -2.48. The summed E-state index contributed by atoms with van der Waals surface area (Å²) in [7, 11) is 2.14. The zero-order valence-electron chi connectivity index (χ0n) is 18.4. The lowest BCUT2D eigenvalue weighted by atomic mass is 10.1. The number of likely N-dealkylation sites (N-methyl/N-ethyl adjacent to an activating group) is 1. The van der Waals surface area contributed by atoms with Crippen molar-refractivity contribution in [3.8, 4) is 0 Å². The average Bonchev–Trinajstić information content (AvgIpc) is 2.62. The van der Waals surface area contributed by atoms with E-state index in [4.69, 9.17) is 10.2 Å². The van der Waals surface area contributed by atoms with E-state index in [2.05, 4.69) is 26.1 Å². The Kier molecular flexibility index (Phi) is 23.3. The van der Waals surface area contributed by atoms with E-state index < -0.39 is 0 Å². The van der Waals surface area contributed by atoms with Crippen molar-refractivity contribution in [3.05, 3.63) is 12.2 Å². The van der Waals surface area contributed by atoms with Crippen LogP contribution in [0.25, 0.3) is 0 Å². The number of quaternary nitrogens is 1. The van der Waals surface area contributed by atoms with Crippen LogP contribution in [0.5, 0.6) is 0 Å². The Morgan fingerprint density at radius 1 is 0.593 bits per heavy atom. The molecule has 27 heavy (non-hydrogen) atoms. The molecule has 0 aromatic carbocycles. The van der Waals surface area contributed by atoms with Crippen molar-refractivity contribution in [2.45, 2.75) is 96.8 Å². The molecular formula is C23H49NO3. The van der Waals surface area contributed by atoms with Gasteiger partial charge in [0.25, 0.3) is 0 Å². The molecule has 0 aliphatic heterocycles. The number of nitrogens with zero attached hydrogens (tertiary/aromatic N) is 1. The summed E-state index contributed by atoms with van der Waals surface area (Å²) < 4.78 is 0.802. The minimum atomic E-state index is 0. The Labute approximate surface area is 169 Å². The average molecular weight is 388 g/mol. The highest BCUT2D eigenvalue weighted by Gasteiger charge is 2.19. The molecule has 0 saturated heterocycles. The van der Waals surface area contributed by atoms with Crippen LogP contribution in [-0.2, 0) is 0 Å². The van der Waals surface area contributed by atoms with E-state index in [-0.39, 0.29) is 18.7 Å². The molecule has 0 aliphatic carbocycles. The number of rotatable bonds is 20. The summed E-state index contributed by atoms with van der Waals surface area (Å²) in [5.74, 6) is 0. The van der Waals surface area contributed by atoms with Crippen LogP contribution in [0.15, 0.2) is 12.2 Å². The first kappa shape index (κ1) is 28.8. The van der Waals surface area contributed by atoms with E-state index in [1.54, 1.807) is 0 Å². The molecular weight excluding hydrogens is 338 g/mol. The summed E-state index contributed by atoms with van der Waals surface area (Å²) in [5, 5.41) is 18.3. The second-order valence-electron chi connectivity index (χ2n) is 8.18. The van der Waals surface area contributed by atoms with Gasteiger partial charge in [-0.15, -0.1) is 0 Å². The summed E-state index contributed by atoms with van der Waals surface area (Å²) in [6.07, 6.45) is 23.5. The van der Waals surface area contributed by atoms with Gasteiger partial charge in [0.1, 0.15) is 13.1 Å². The maximum Gasteiger partial charge on any atom is 0.102 e. The first-order valence-electron chi connectivity index (χ1n) is 11.4. The largest absolute Gasteiger partial charge is 0.870 e. The first-order chi connectivity index (χ1) is 12.7. The summed E-state index contributed by atoms with van der Waals surface area (Å²) >= 11 is 0. The van der Waals surface area contributed by atoms with Crippen molar-refractivity contribution in [3.63, 3.8) is 0 Å². The van der Waals surface area contributed by atoms with Gasteiger partial charge in [-0.3, -0.25) is 0 Å². The van der Waals surface area contributed by atoms with E-state index >= 15 is 0 Å². The summed E-state index contributed by atoms with van der Waals surface area (Å²) in [4.78, 5) is 0. The highest BCUT2D eigenvalue weighted by Crippen LogP contribution is 2.11. The molecule has 0 fully saturated rings. The molecule has 0 unspecified atom stereocenters. The second-order valence-corrected chi connectivity index (χ2v) is 8.18. The van der Waals surface area contributed by atoms with Gasteiger partial charge >= 0.3 is 0 Å². The van der Waals surface area contributed by atoms with Gasteiger partial charge < -0.3 is 20.2 Å². The monoisotopic (exact) mass is 387 g/mol. The van der Waals surface area contributed by atoms with E-state index in [9.17, 15) is 0 Å². The van der Waals surface area contributed by atoms with Gasteiger partial charge in [-0.05, 0) is 38.5 Å². The minimum absolute atomic E-state index is 0. The molecule has 0 rings (SSSR count). The molecule has 0 spiro atoms. The normalized spacial score (nSPS) is 11.9. The molecule has 0 atom stereocenters. The van der Waals surface area contributed by atoms with Crippen LogP contribution in [0.3, 0.4) is 0 Å². The second kappa shape index (κ2) is 21.9. The number of unbranched alkanes of at least 4 members (excludes halogenated alkanes) is 12. The lowest BCUT2D eigenvalue weighted by molar-refractivity contribution is -0.910. The minimum Gasteiger partial charge on any atom is -0.870 e. The Morgan fingerprint density at radius 2 is 1.00 bits per heavy atom. The maximum absolute atomic E-state index is 9.16. The number of allylic oxidation sites excluding steroid dienone is 2. The van der Waals surface area contributed by atoms with Crippen LogP contribution in [-0.4, -0.2) is 60.1 Å². The zero-order chi connectivity index (χ0) is 19.3. The van der Waals surface area contributed by atoms with Crippen LogP contribution in [0.4, 0.5) is 0 Å². The van der Waals surface area contributed by atoms with Crippen LogP contribution in [0, 0.1) is 0 Å². The molecule has 0 bridgehead atoms.